The summed E-state index contributed by atoms with van der Waals surface area (Å²) in [5.41, 5.74) is 3.74. The highest BCUT2D eigenvalue weighted by Crippen LogP contribution is 2.37. The van der Waals surface area contributed by atoms with Gasteiger partial charge in [-0.3, -0.25) is 9.59 Å². The SMILES string of the molecule is C=CC(OC(N)=O)C(C)C1OC1CC(C)C=CCC(C)C1OC(=O)CC(O)CCC(C)(O)C(OC(C)=O)C=CC1C. The van der Waals surface area contributed by atoms with Gasteiger partial charge in [0.2, 0.25) is 0 Å². The molecule has 0 aromatic carbocycles. The molecular formula is C31H49NO9. The molecule has 0 saturated carbocycles. The number of primary amides is 1. The van der Waals surface area contributed by atoms with Crippen LogP contribution in [0.25, 0.3) is 0 Å². The van der Waals surface area contributed by atoms with Crippen LogP contribution in [0.5, 0.6) is 0 Å². The van der Waals surface area contributed by atoms with Crippen molar-refractivity contribution in [2.24, 2.45) is 29.4 Å². The molecule has 0 aromatic heterocycles. The Kier molecular flexibility index (Phi) is 13.1. The van der Waals surface area contributed by atoms with Crippen molar-refractivity contribution in [2.75, 3.05) is 0 Å². The fourth-order valence-electron chi connectivity index (χ4n) is 5.38. The van der Waals surface area contributed by atoms with E-state index in [1.54, 1.807) is 19.1 Å². The van der Waals surface area contributed by atoms with Crippen LogP contribution >= 0.6 is 0 Å². The van der Waals surface area contributed by atoms with E-state index in [-0.39, 0.29) is 55.1 Å². The maximum absolute atomic E-state index is 12.7. The highest BCUT2D eigenvalue weighted by Gasteiger charge is 2.46. The van der Waals surface area contributed by atoms with E-state index in [0.717, 1.165) is 6.42 Å². The molecule has 2 aliphatic rings. The second kappa shape index (κ2) is 15.5. The Morgan fingerprint density at radius 2 is 1.95 bits per heavy atom. The summed E-state index contributed by atoms with van der Waals surface area (Å²) < 4.78 is 22.2. The van der Waals surface area contributed by atoms with E-state index >= 15 is 0 Å². The molecule has 1 saturated heterocycles. The summed E-state index contributed by atoms with van der Waals surface area (Å²) in [5, 5.41) is 21.3. The van der Waals surface area contributed by atoms with Crippen LogP contribution in [0.15, 0.2) is 37.0 Å². The highest BCUT2D eigenvalue weighted by molar-refractivity contribution is 5.70. The van der Waals surface area contributed by atoms with Gasteiger partial charge < -0.3 is 34.9 Å². The van der Waals surface area contributed by atoms with Crippen LogP contribution in [-0.4, -0.2) is 70.5 Å². The number of ether oxygens (including phenoxy) is 4. The van der Waals surface area contributed by atoms with Crippen LogP contribution in [0.1, 0.15) is 73.6 Å². The molecule has 0 aliphatic carbocycles. The Morgan fingerprint density at radius 3 is 2.56 bits per heavy atom. The summed E-state index contributed by atoms with van der Waals surface area (Å²) in [7, 11) is 0. The normalized spacial score (nSPS) is 33.8. The summed E-state index contributed by atoms with van der Waals surface area (Å²) in [6.07, 6.45) is 7.04. The molecule has 41 heavy (non-hydrogen) atoms. The monoisotopic (exact) mass is 579 g/mol. The number of allylic oxidation sites excluding steroid dienone is 2. The van der Waals surface area contributed by atoms with Crippen molar-refractivity contribution < 1.29 is 43.5 Å². The van der Waals surface area contributed by atoms with Gasteiger partial charge in [-0.2, -0.15) is 0 Å². The maximum atomic E-state index is 12.7. The predicted octanol–water partition coefficient (Wildman–Crippen LogP) is 3.98. The first kappa shape index (κ1) is 34.5. The maximum Gasteiger partial charge on any atom is 0.405 e. The van der Waals surface area contributed by atoms with Gasteiger partial charge in [-0.25, -0.2) is 4.79 Å². The van der Waals surface area contributed by atoms with Gasteiger partial charge in [0.15, 0.2) is 0 Å². The van der Waals surface area contributed by atoms with Crippen molar-refractivity contribution in [3.05, 3.63) is 37.0 Å². The van der Waals surface area contributed by atoms with Crippen molar-refractivity contribution >= 4 is 18.0 Å². The molecular weight excluding hydrogens is 530 g/mol. The lowest BCUT2D eigenvalue weighted by molar-refractivity contribution is -0.158. The quantitative estimate of drug-likeness (QED) is 0.142. The lowest BCUT2D eigenvalue weighted by atomic mass is 9.86. The summed E-state index contributed by atoms with van der Waals surface area (Å²) >= 11 is 0. The standard InChI is InChI=1S/C31H49NO9/c1-8-24(40-30(32)36)21(5)29-25(39-29)16-18(2)10-9-11-19(3)28-20(4)12-13-26(38-22(6)33)31(7,37)15-14-23(34)17-27(35)41-28/h8-10,12-13,18-21,23-26,28-29,34,37H,1,11,14-17H2,2-7H3,(H2,32,36). The van der Waals surface area contributed by atoms with Crippen molar-refractivity contribution in [3.63, 3.8) is 0 Å². The molecule has 11 atom stereocenters. The molecule has 0 radical (unpaired) electrons. The smallest absolute Gasteiger partial charge is 0.405 e. The van der Waals surface area contributed by atoms with E-state index in [1.165, 1.54) is 6.92 Å². The Balaban J connectivity index is 2.03. The number of carbonyl (C=O) groups excluding carboxylic acids is 3. The molecule has 2 heterocycles. The first-order valence-corrected chi connectivity index (χ1v) is 14.5. The van der Waals surface area contributed by atoms with E-state index in [0.29, 0.717) is 6.42 Å². The van der Waals surface area contributed by atoms with Gasteiger partial charge in [-0.05, 0) is 50.5 Å². The minimum atomic E-state index is -1.41. The van der Waals surface area contributed by atoms with E-state index in [4.69, 9.17) is 24.7 Å². The second-order valence-corrected chi connectivity index (χ2v) is 12.0. The fraction of sp³-hybridized carbons (Fsp3) is 0.710. The van der Waals surface area contributed by atoms with E-state index in [9.17, 15) is 24.6 Å². The zero-order valence-electron chi connectivity index (χ0n) is 25.2. The second-order valence-electron chi connectivity index (χ2n) is 12.0. The number of cyclic esters (lactones) is 1. The van der Waals surface area contributed by atoms with Crippen LogP contribution in [0.2, 0.25) is 0 Å². The number of aliphatic hydroxyl groups excluding tert-OH is 1. The lowest BCUT2D eigenvalue weighted by Crippen LogP contribution is -2.42. The van der Waals surface area contributed by atoms with Crippen LogP contribution in [0.4, 0.5) is 4.79 Å². The van der Waals surface area contributed by atoms with Gasteiger partial charge in [0.1, 0.15) is 23.9 Å². The van der Waals surface area contributed by atoms with Gasteiger partial charge in [-0.15, -0.1) is 0 Å². The average Bonchev–Trinajstić information content (AvgIpc) is 3.64. The number of amides is 1. The molecule has 1 fully saturated rings. The van der Waals surface area contributed by atoms with Crippen molar-refractivity contribution in [1.82, 2.24) is 0 Å². The zero-order chi connectivity index (χ0) is 30.9. The molecule has 11 unspecified atom stereocenters. The lowest BCUT2D eigenvalue weighted by Gasteiger charge is -2.33. The molecule has 2 rings (SSSR count). The molecule has 1 amide bonds. The third-order valence-electron chi connectivity index (χ3n) is 7.95. The molecule has 0 spiro atoms. The topological polar surface area (TPSA) is 158 Å². The van der Waals surface area contributed by atoms with E-state index in [1.807, 2.05) is 26.8 Å². The summed E-state index contributed by atoms with van der Waals surface area (Å²) in [5.74, 6) is -1.15. The van der Waals surface area contributed by atoms with Crippen LogP contribution < -0.4 is 5.73 Å². The molecule has 232 valence electrons. The number of hydrogen-bond acceptors (Lipinski definition) is 9. The average molecular weight is 580 g/mol. The third kappa shape index (κ3) is 11.2. The van der Waals surface area contributed by atoms with Gasteiger partial charge in [0.05, 0.1) is 24.7 Å². The number of rotatable bonds is 11. The highest BCUT2D eigenvalue weighted by atomic mass is 16.6. The largest absolute Gasteiger partial charge is 0.461 e. The Labute approximate surface area is 243 Å². The third-order valence-corrected chi connectivity index (χ3v) is 7.95. The summed E-state index contributed by atoms with van der Waals surface area (Å²) in [6.45, 7) is 14.5. The van der Waals surface area contributed by atoms with Crippen molar-refractivity contribution in [3.8, 4) is 0 Å². The molecule has 4 N–H and O–H groups in total. The first-order chi connectivity index (χ1) is 19.1. The number of esters is 2. The Bertz CT molecular complexity index is 961. The number of hydrogen-bond donors (Lipinski definition) is 3. The fourth-order valence-corrected chi connectivity index (χ4v) is 5.38. The molecule has 0 aromatic rings. The Hall–Kier alpha value is -2.69. The van der Waals surface area contributed by atoms with Crippen LogP contribution in [0, 0.1) is 23.7 Å². The molecule has 0 bridgehead atoms. The van der Waals surface area contributed by atoms with Crippen molar-refractivity contribution in [2.45, 2.75) is 116 Å². The van der Waals surface area contributed by atoms with E-state index in [2.05, 4.69) is 25.7 Å². The number of nitrogens with two attached hydrogens (primary N) is 1. The number of epoxide rings is 1. The van der Waals surface area contributed by atoms with Gasteiger partial charge in [-0.1, -0.05) is 58.6 Å². The molecule has 2 aliphatic heterocycles. The van der Waals surface area contributed by atoms with E-state index < -0.39 is 48.0 Å². The minimum Gasteiger partial charge on any atom is -0.461 e. The van der Waals surface area contributed by atoms with Crippen LogP contribution in [0.3, 0.4) is 0 Å². The van der Waals surface area contributed by atoms with Crippen molar-refractivity contribution in [1.29, 1.82) is 0 Å². The summed E-state index contributed by atoms with van der Waals surface area (Å²) in [4.78, 5) is 35.5. The molecule has 10 heteroatoms. The van der Waals surface area contributed by atoms with Gasteiger partial charge in [0.25, 0.3) is 0 Å². The van der Waals surface area contributed by atoms with Gasteiger partial charge >= 0.3 is 18.0 Å². The number of aliphatic hydroxyl groups is 2. The first-order valence-electron chi connectivity index (χ1n) is 14.5. The summed E-state index contributed by atoms with van der Waals surface area (Å²) in [6, 6.07) is 0. The van der Waals surface area contributed by atoms with Gasteiger partial charge in [0, 0.05) is 18.8 Å². The Morgan fingerprint density at radius 1 is 1.27 bits per heavy atom. The number of carbonyl (C=O) groups is 3. The molecule has 10 nitrogen and oxygen atoms in total. The minimum absolute atomic E-state index is 0.0395. The zero-order valence-corrected chi connectivity index (χ0v) is 25.2. The predicted molar refractivity (Wildman–Crippen MR) is 153 cm³/mol. The van der Waals surface area contributed by atoms with Crippen LogP contribution in [-0.2, 0) is 28.5 Å².